The van der Waals surface area contributed by atoms with Crippen molar-refractivity contribution in [3.05, 3.63) is 91.8 Å². The lowest BCUT2D eigenvalue weighted by Gasteiger charge is -2.17. The number of benzene rings is 3. The van der Waals surface area contributed by atoms with Gasteiger partial charge >= 0.3 is 0 Å². The molecule has 0 saturated carbocycles. The van der Waals surface area contributed by atoms with Crippen LogP contribution in [0.3, 0.4) is 0 Å². The van der Waals surface area contributed by atoms with Crippen LogP contribution in [0.15, 0.2) is 70.6 Å². The van der Waals surface area contributed by atoms with Gasteiger partial charge < -0.3 is 9.47 Å². The van der Waals surface area contributed by atoms with Crippen molar-refractivity contribution in [2.24, 2.45) is 10.9 Å². The standard InChI is InChI=1S/C29H27Cl3N2O3S/c1-4-36-26-14-19(6-12-25(26)37-17-20-5-11-23(31)24(32)13-20)15-27-28(35)34(16-18(2)3)29(38-27)33-22-9-7-21(30)8-10-22/h5-15,18H,4,16-17H2,1-3H3/b27-15-,33-29?. The van der Waals surface area contributed by atoms with Crippen LogP contribution >= 0.6 is 46.6 Å². The quantitative estimate of drug-likeness (QED) is 0.234. The van der Waals surface area contributed by atoms with Crippen molar-refractivity contribution in [1.82, 2.24) is 4.90 Å². The molecular formula is C29H27Cl3N2O3S. The number of hydrogen-bond donors (Lipinski definition) is 0. The van der Waals surface area contributed by atoms with Crippen molar-refractivity contribution < 1.29 is 14.3 Å². The molecule has 5 nitrogen and oxygen atoms in total. The van der Waals surface area contributed by atoms with Gasteiger partial charge in [0.1, 0.15) is 6.61 Å². The highest BCUT2D eigenvalue weighted by atomic mass is 35.5. The molecule has 0 N–H and O–H groups in total. The summed E-state index contributed by atoms with van der Waals surface area (Å²) in [6, 6.07) is 18.2. The second-order valence-electron chi connectivity index (χ2n) is 8.97. The molecule has 3 aromatic carbocycles. The highest BCUT2D eigenvalue weighted by Gasteiger charge is 2.33. The van der Waals surface area contributed by atoms with Gasteiger partial charge in [-0.25, -0.2) is 4.99 Å². The Hall–Kier alpha value is -2.64. The number of thioether (sulfide) groups is 1. The number of aliphatic imine (C=N–C) groups is 1. The number of rotatable bonds is 9. The Kier molecular flexibility index (Phi) is 9.66. The van der Waals surface area contributed by atoms with Crippen molar-refractivity contribution >= 4 is 69.4 Å². The van der Waals surface area contributed by atoms with E-state index in [1.807, 2.05) is 49.4 Å². The molecule has 0 unspecified atom stereocenters. The summed E-state index contributed by atoms with van der Waals surface area (Å²) in [7, 11) is 0. The van der Waals surface area contributed by atoms with E-state index in [1.165, 1.54) is 11.8 Å². The second-order valence-corrected chi connectivity index (χ2v) is 11.2. The number of carbonyl (C=O) groups is 1. The first-order chi connectivity index (χ1) is 18.2. The second kappa shape index (κ2) is 12.9. The van der Waals surface area contributed by atoms with Crippen molar-refractivity contribution in [2.45, 2.75) is 27.4 Å². The van der Waals surface area contributed by atoms with Gasteiger partial charge in [0, 0.05) is 11.6 Å². The van der Waals surface area contributed by atoms with Crippen LogP contribution in [0, 0.1) is 5.92 Å². The van der Waals surface area contributed by atoms with E-state index >= 15 is 0 Å². The van der Waals surface area contributed by atoms with E-state index in [0.29, 0.717) is 56.4 Å². The molecule has 4 rings (SSSR count). The Morgan fingerprint density at radius 1 is 0.947 bits per heavy atom. The molecule has 198 valence electrons. The topological polar surface area (TPSA) is 51.1 Å². The Bertz CT molecular complexity index is 1370. The summed E-state index contributed by atoms with van der Waals surface area (Å²) in [5.41, 5.74) is 2.45. The molecule has 3 aromatic rings. The first-order valence-corrected chi connectivity index (χ1v) is 14.1. The van der Waals surface area contributed by atoms with E-state index in [1.54, 1.807) is 29.2 Å². The summed E-state index contributed by atoms with van der Waals surface area (Å²) in [6.07, 6.45) is 1.86. The number of hydrogen-bond acceptors (Lipinski definition) is 5. The van der Waals surface area contributed by atoms with Crippen LogP contribution in [0.2, 0.25) is 15.1 Å². The lowest BCUT2D eigenvalue weighted by molar-refractivity contribution is -0.122. The lowest BCUT2D eigenvalue weighted by atomic mass is 10.1. The summed E-state index contributed by atoms with van der Waals surface area (Å²) >= 11 is 19.5. The van der Waals surface area contributed by atoms with Crippen LogP contribution in [0.5, 0.6) is 11.5 Å². The maximum absolute atomic E-state index is 13.3. The number of ether oxygens (including phenoxy) is 2. The minimum atomic E-state index is -0.0747. The van der Waals surface area contributed by atoms with Crippen LogP contribution in [-0.4, -0.2) is 29.1 Å². The molecule has 0 radical (unpaired) electrons. The monoisotopic (exact) mass is 588 g/mol. The Labute approximate surface area is 242 Å². The summed E-state index contributed by atoms with van der Waals surface area (Å²) in [4.78, 5) is 20.4. The van der Waals surface area contributed by atoms with E-state index in [9.17, 15) is 4.79 Å². The summed E-state index contributed by atoms with van der Waals surface area (Å²) in [6.45, 7) is 7.40. The van der Waals surface area contributed by atoms with Crippen LogP contribution in [0.4, 0.5) is 5.69 Å². The zero-order valence-corrected chi connectivity index (χ0v) is 24.3. The first kappa shape index (κ1) is 28.4. The van der Waals surface area contributed by atoms with E-state index in [-0.39, 0.29) is 11.8 Å². The first-order valence-electron chi connectivity index (χ1n) is 12.1. The maximum atomic E-state index is 13.3. The molecule has 0 spiro atoms. The molecule has 1 saturated heterocycles. The number of carbonyl (C=O) groups excluding carboxylic acids is 1. The molecule has 1 aliphatic rings. The SMILES string of the molecule is CCOc1cc(/C=C2\SC(=Nc3ccc(Cl)cc3)N(CC(C)C)C2=O)ccc1OCc1ccc(Cl)c(Cl)c1. The van der Waals surface area contributed by atoms with Gasteiger partial charge in [0.05, 0.1) is 27.2 Å². The molecule has 0 bridgehead atoms. The van der Waals surface area contributed by atoms with Gasteiger partial charge in [0.25, 0.3) is 5.91 Å². The molecule has 38 heavy (non-hydrogen) atoms. The van der Waals surface area contributed by atoms with E-state index in [4.69, 9.17) is 49.3 Å². The van der Waals surface area contributed by atoms with E-state index in [2.05, 4.69) is 13.8 Å². The normalized spacial score (nSPS) is 15.7. The van der Waals surface area contributed by atoms with Gasteiger partial charge in [-0.3, -0.25) is 9.69 Å². The number of amidine groups is 1. The fourth-order valence-electron chi connectivity index (χ4n) is 3.69. The Balaban J connectivity index is 1.58. The third kappa shape index (κ3) is 7.26. The predicted molar refractivity (Wildman–Crippen MR) is 159 cm³/mol. The predicted octanol–water partition coefficient (Wildman–Crippen LogP) is 8.88. The smallest absolute Gasteiger partial charge is 0.266 e. The van der Waals surface area contributed by atoms with Gasteiger partial charge in [0.15, 0.2) is 16.7 Å². The van der Waals surface area contributed by atoms with Crippen molar-refractivity contribution in [3.63, 3.8) is 0 Å². The zero-order chi connectivity index (χ0) is 27.2. The number of nitrogens with zero attached hydrogens (tertiary/aromatic N) is 2. The molecule has 0 aromatic heterocycles. The van der Waals surface area contributed by atoms with Crippen molar-refractivity contribution in [2.75, 3.05) is 13.2 Å². The molecule has 1 aliphatic heterocycles. The maximum Gasteiger partial charge on any atom is 0.266 e. The van der Waals surface area contributed by atoms with Gasteiger partial charge in [-0.1, -0.05) is 60.8 Å². The molecule has 1 amide bonds. The summed E-state index contributed by atoms with van der Waals surface area (Å²) < 4.78 is 11.9. The zero-order valence-electron chi connectivity index (χ0n) is 21.2. The number of halogens is 3. The fraction of sp³-hybridized carbons (Fsp3) is 0.241. The largest absolute Gasteiger partial charge is 0.490 e. The lowest BCUT2D eigenvalue weighted by Crippen LogP contribution is -2.32. The highest BCUT2D eigenvalue weighted by Crippen LogP contribution is 2.37. The molecular weight excluding hydrogens is 563 g/mol. The molecule has 9 heteroatoms. The van der Waals surface area contributed by atoms with Crippen molar-refractivity contribution in [1.29, 1.82) is 0 Å². The van der Waals surface area contributed by atoms with Crippen molar-refractivity contribution in [3.8, 4) is 11.5 Å². The minimum Gasteiger partial charge on any atom is -0.490 e. The Morgan fingerprint density at radius 3 is 2.39 bits per heavy atom. The van der Waals surface area contributed by atoms with Crippen LogP contribution in [-0.2, 0) is 11.4 Å². The highest BCUT2D eigenvalue weighted by molar-refractivity contribution is 8.18. The summed E-state index contributed by atoms with van der Waals surface area (Å²) in [5, 5.41) is 2.25. The van der Waals surface area contributed by atoms with Gasteiger partial charge in [-0.15, -0.1) is 0 Å². The molecule has 0 atom stereocenters. The van der Waals surface area contributed by atoms with Gasteiger partial charge in [0.2, 0.25) is 0 Å². The van der Waals surface area contributed by atoms with Crippen LogP contribution in [0.1, 0.15) is 31.9 Å². The third-order valence-electron chi connectivity index (χ3n) is 5.43. The number of amides is 1. The van der Waals surface area contributed by atoms with Crippen LogP contribution < -0.4 is 9.47 Å². The third-order valence-corrected chi connectivity index (χ3v) is 7.43. The average molecular weight is 590 g/mol. The Morgan fingerprint density at radius 2 is 1.71 bits per heavy atom. The molecule has 0 aliphatic carbocycles. The van der Waals surface area contributed by atoms with E-state index in [0.717, 1.165) is 16.8 Å². The average Bonchev–Trinajstić information content (AvgIpc) is 3.15. The van der Waals surface area contributed by atoms with E-state index < -0.39 is 0 Å². The van der Waals surface area contributed by atoms with Crippen LogP contribution in [0.25, 0.3) is 6.08 Å². The fourth-order valence-corrected chi connectivity index (χ4v) is 5.14. The molecule has 1 heterocycles. The van der Waals surface area contributed by atoms with Gasteiger partial charge in [-0.2, -0.15) is 0 Å². The summed E-state index contributed by atoms with van der Waals surface area (Å²) in [5.74, 6) is 1.39. The minimum absolute atomic E-state index is 0.0747. The van der Waals surface area contributed by atoms with Gasteiger partial charge in [-0.05, 0) is 90.3 Å². The molecule has 1 fully saturated rings.